The van der Waals surface area contributed by atoms with Crippen molar-refractivity contribution >= 4 is 5.91 Å². The third-order valence-electron chi connectivity index (χ3n) is 5.78. The number of nitrogens with zero attached hydrogens (tertiary/aromatic N) is 2. The Bertz CT molecular complexity index is 857. The molecule has 146 valence electrons. The lowest BCUT2D eigenvalue weighted by atomic mass is 9.99. The summed E-state index contributed by atoms with van der Waals surface area (Å²) in [5, 5.41) is 0. The Morgan fingerprint density at radius 2 is 1.79 bits per heavy atom. The van der Waals surface area contributed by atoms with Crippen LogP contribution in [-0.2, 0) is 4.74 Å². The van der Waals surface area contributed by atoms with Gasteiger partial charge in [0.1, 0.15) is 13.2 Å². The van der Waals surface area contributed by atoms with Crippen LogP contribution in [0, 0.1) is 0 Å². The second-order valence-electron chi connectivity index (χ2n) is 7.44. The smallest absolute Gasteiger partial charge is 0.257 e. The lowest BCUT2D eigenvalue weighted by molar-refractivity contribution is -0.0770. The predicted octanol–water partition coefficient (Wildman–Crippen LogP) is 2.36. The molecule has 2 atom stereocenters. The number of hydrogen-bond donors (Lipinski definition) is 0. The van der Waals surface area contributed by atoms with Crippen LogP contribution in [0.5, 0.6) is 11.5 Å². The summed E-state index contributed by atoms with van der Waals surface area (Å²) in [6.07, 6.45) is 0. The third-order valence-corrected chi connectivity index (χ3v) is 5.78. The molecule has 0 radical (unpaired) electrons. The van der Waals surface area contributed by atoms with Gasteiger partial charge in [0.05, 0.1) is 30.9 Å². The average molecular weight is 380 g/mol. The molecule has 3 aliphatic heterocycles. The zero-order valence-electron chi connectivity index (χ0n) is 15.8. The van der Waals surface area contributed by atoms with E-state index in [2.05, 4.69) is 29.2 Å². The van der Waals surface area contributed by atoms with E-state index in [4.69, 9.17) is 14.2 Å². The maximum Gasteiger partial charge on any atom is 0.257 e. The highest BCUT2D eigenvalue weighted by atomic mass is 16.6. The first-order chi connectivity index (χ1) is 13.8. The molecule has 3 aliphatic rings. The van der Waals surface area contributed by atoms with Gasteiger partial charge in [-0.05, 0) is 17.7 Å². The molecule has 0 spiro atoms. The van der Waals surface area contributed by atoms with Crippen LogP contribution in [0.4, 0.5) is 0 Å². The van der Waals surface area contributed by atoms with Gasteiger partial charge in [-0.3, -0.25) is 9.69 Å². The highest BCUT2D eigenvalue weighted by molar-refractivity contribution is 5.98. The van der Waals surface area contributed by atoms with E-state index in [1.807, 2.05) is 29.2 Å². The number of benzene rings is 2. The van der Waals surface area contributed by atoms with Crippen molar-refractivity contribution in [2.75, 3.05) is 46.1 Å². The average Bonchev–Trinajstić information content (AvgIpc) is 2.78. The highest BCUT2D eigenvalue weighted by Crippen LogP contribution is 2.35. The van der Waals surface area contributed by atoms with E-state index in [-0.39, 0.29) is 18.0 Å². The molecule has 0 saturated carbocycles. The summed E-state index contributed by atoms with van der Waals surface area (Å²) < 4.78 is 17.3. The zero-order valence-corrected chi connectivity index (χ0v) is 15.8. The van der Waals surface area contributed by atoms with E-state index in [1.54, 1.807) is 0 Å². The number of hydrogen-bond acceptors (Lipinski definition) is 5. The molecular formula is C22H24N2O4. The molecule has 5 rings (SSSR count). The number of ether oxygens (including phenoxy) is 3. The molecule has 2 aromatic carbocycles. The Hall–Kier alpha value is -2.57. The maximum atomic E-state index is 13.2. The zero-order chi connectivity index (χ0) is 18.9. The monoisotopic (exact) mass is 380 g/mol. The van der Waals surface area contributed by atoms with E-state index < -0.39 is 0 Å². The molecule has 6 nitrogen and oxygen atoms in total. The fourth-order valence-electron chi connectivity index (χ4n) is 4.40. The summed E-state index contributed by atoms with van der Waals surface area (Å²) in [5.74, 6) is 1.23. The maximum absolute atomic E-state index is 13.2. The number of carbonyl (C=O) groups excluding carboxylic acids is 1. The molecule has 2 saturated heterocycles. The van der Waals surface area contributed by atoms with Gasteiger partial charge in [-0.2, -0.15) is 0 Å². The van der Waals surface area contributed by atoms with Gasteiger partial charge in [-0.1, -0.05) is 36.4 Å². The number of morpholine rings is 1. The fraction of sp³-hybridized carbons (Fsp3) is 0.409. The second-order valence-corrected chi connectivity index (χ2v) is 7.44. The van der Waals surface area contributed by atoms with Gasteiger partial charge < -0.3 is 19.1 Å². The second kappa shape index (κ2) is 7.45. The van der Waals surface area contributed by atoms with Crippen LogP contribution in [0.2, 0.25) is 0 Å². The first-order valence-corrected chi connectivity index (χ1v) is 9.87. The van der Waals surface area contributed by atoms with Gasteiger partial charge in [0.2, 0.25) is 0 Å². The van der Waals surface area contributed by atoms with Crippen molar-refractivity contribution < 1.29 is 19.0 Å². The minimum absolute atomic E-state index is 0.00355. The van der Waals surface area contributed by atoms with Crippen molar-refractivity contribution in [1.29, 1.82) is 0 Å². The molecule has 2 aromatic rings. The summed E-state index contributed by atoms with van der Waals surface area (Å²) in [5.41, 5.74) is 1.86. The third kappa shape index (κ3) is 3.12. The normalized spacial score (nSPS) is 24.5. The van der Waals surface area contributed by atoms with Crippen molar-refractivity contribution in [2.45, 2.75) is 12.1 Å². The number of rotatable bonds is 2. The van der Waals surface area contributed by atoms with E-state index in [0.29, 0.717) is 56.6 Å². The van der Waals surface area contributed by atoms with Gasteiger partial charge in [0, 0.05) is 19.6 Å². The van der Waals surface area contributed by atoms with Crippen LogP contribution in [0.25, 0.3) is 0 Å². The SMILES string of the molecule is O=C(c1cccc2c1OCCO2)N1CCN2[C@@H](COC[C@@H]2c2ccccc2)C1. The van der Waals surface area contributed by atoms with Crippen LogP contribution < -0.4 is 9.47 Å². The quantitative estimate of drug-likeness (QED) is 0.801. The Morgan fingerprint density at radius 3 is 2.68 bits per heavy atom. The van der Waals surface area contributed by atoms with Crippen molar-refractivity contribution in [3.8, 4) is 11.5 Å². The van der Waals surface area contributed by atoms with Crippen LogP contribution in [0.15, 0.2) is 48.5 Å². The van der Waals surface area contributed by atoms with Gasteiger partial charge in [-0.25, -0.2) is 0 Å². The molecule has 1 amide bonds. The Morgan fingerprint density at radius 1 is 0.929 bits per heavy atom. The molecule has 0 bridgehead atoms. The topological polar surface area (TPSA) is 51.2 Å². The van der Waals surface area contributed by atoms with E-state index in [1.165, 1.54) is 5.56 Å². The number of fused-ring (bicyclic) bond motifs is 2. The number of piperazine rings is 1. The van der Waals surface area contributed by atoms with Gasteiger partial charge in [0.15, 0.2) is 11.5 Å². The van der Waals surface area contributed by atoms with Gasteiger partial charge in [0.25, 0.3) is 5.91 Å². The first-order valence-electron chi connectivity index (χ1n) is 9.87. The summed E-state index contributed by atoms with van der Waals surface area (Å²) in [6.45, 7) is 4.54. The molecular weight excluding hydrogens is 356 g/mol. The summed E-state index contributed by atoms with van der Waals surface area (Å²) in [6, 6.07) is 16.5. The van der Waals surface area contributed by atoms with Crippen LogP contribution in [0.1, 0.15) is 22.0 Å². The van der Waals surface area contributed by atoms with Crippen LogP contribution in [-0.4, -0.2) is 67.8 Å². The molecule has 0 N–H and O–H groups in total. The Labute approximate surface area is 164 Å². The minimum Gasteiger partial charge on any atom is -0.486 e. The van der Waals surface area contributed by atoms with Gasteiger partial charge in [-0.15, -0.1) is 0 Å². The summed E-state index contributed by atoms with van der Waals surface area (Å²) in [7, 11) is 0. The lowest BCUT2D eigenvalue weighted by Crippen LogP contribution is -2.60. The summed E-state index contributed by atoms with van der Waals surface area (Å²) in [4.78, 5) is 17.6. The van der Waals surface area contributed by atoms with Crippen molar-refractivity contribution in [2.24, 2.45) is 0 Å². The largest absolute Gasteiger partial charge is 0.486 e. The minimum atomic E-state index is 0.00355. The molecule has 3 heterocycles. The molecule has 2 fully saturated rings. The highest BCUT2D eigenvalue weighted by Gasteiger charge is 2.38. The number of carbonyl (C=O) groups is 1. The van der Waals surface area contributed by atoms with Crippen molar-refractivity contribution in [3.05, 3.63) is 59.7 Å². The standard InChI is InChI=1S/C22H24N2O4/c25-22(18-7-4-8-20-21(18)28-12-11-27-20)23-9-10-24-17(13-23)14-26-15-19(24)16-5-2-1-3-6-16/h1-8,17,19H,9-15H2/t17-,19-/m1/s1. The van der Waals surface area contributed by atoms with Crippen LogP contribution in [0.3, 0.4) is 0 Å². The van der Waals surface area contributed by atoms with Crippen molar-refractivity contribution in [1.82, 2.24) is 9.80 Å². The first kappa shape index (κ1) is 17.5. The summed E-state index contributed by atoms with van der Waals surface area (Å²) >= 11 is 0. The molecule has 0 aliphatic carbocycles. The van der Waals surface area contributed by atoms with Crippen LogP contribution >= 0.6 is 0 Å². The van der Waals surface area contributed by atoms with E-state index in [0.717, 1.165) is 6.54 Å². The predicted molar refractivity (Wildman–Crippen MR) is 104 cm³/mol. The molecule has 6 heteroatoms. The van der Waals surface area contributed by atoms with E-state index >= 15 is 0 Å². The van der Waals surface area contributed by atoms with Crippen molar-refractivity contribution in [3.63, 3.8) is 0 Å². The molecule has 0 aromatic heterocycles. The fourth-order valence-corrected chi connectivity index (χ4v) is 4.40. The lowest BCUT2D eigenvalue weighted by Gasteiger charge is -2.48. The van der Waals surface area contributed by atoms with E-state index in [9.17, 15) is 4.79 Å². The number of amides is 1. The Balaban J connectivity index is 1.34. The van der Waals surface area contributed by atoms with Gasteiger partial charge >= 0.3 is 0 Å². The Kier molecular flexibility index (Phi) is 4.66. The molecule has 28 heavy (non-hydrogen) atoms. The number of para-hydroxylation sites is 1. The molecule has 0 unspecified atom stereocenters.